The second kappa shape index (κ2) is 4.82. The summed E-state index contributed by atoms with van der Waals surface area (Å²) in [4.78, 5) is 2.11. The van der Waals surface area contributed by atoms with Gasteiger partial charge in [-0.25, -0.2) is 0 Å². The molecule has 0 amide bonds. The van der Waals surface area contributed by atoms with E-state index in [-0.39, 0.29) is 0 Å². The van der Waals surface area contributed by atoms with Gasteiger partial charge in [-0.15, -0.1) is 0 Å². The van der Waals surface area contributed by atoms with Gasteiger partial charge in [-0.05, 0) is 24.1 Å². The van der Waals surface area contributed by atoms with Crippen molar-refractivity contribution in [1.29, 1.82) is 0 Å². The Balaban J connectivity index is 3.08. The topological polar surface area (TPSA) is 29.3 Å². The van der Waals surface area contributed by atoms with Crippen molar-refractivity contribution in [3.8, 4) is 0 Å². The van der Waals surface area contributed by atoms with Crippen molar-refractivity contribution < 1.29 is 0 Å². The molecule has 2 nitrogen and oxygen atoms in total. The van der Waals surface area contributed by atoms with Gasteiger partial charge in [-0.1, -0.05) is 24.3 Å². The van der Waals surface area contributed by atoms with Crippen molar-refractivity contribution in [1.82, 2.24) is 0 Å². The van der Waals surface area contributed by atoms with E-state index in [0.717, 1.165) is 0 Å². The van der Waals surface area contributed by atoms with Crippen LogP contribution in [-0.2, 0) is 0 Å². The van der Waals surface area contributed by atoms with E-state index in [1.807, 2.05) is 6.08 Å². The van der Waals surface area contributed by atoms with Gasteiger partial charge >= 0.3 is 0 Å². The second-order valence-corrected chi connectivity index (χ2v) is 3.59. The first-order valence-corrected chi connectivity index (χ1v) is 4.79. The highest BCUT2D eigenvalue weighted by Crippen LogP contribution is 2.21. The first-order chi connectivity index (χ1) is 6.65. The van der Waals surface area contributed by atoms with Gasteiger partial charge in [0, 0.05) is 26.3 Å². The third-order valence-corrected chi connectivity index (χ3v) is 2.10. The Morgan fingerprint density at radius 1 is 1.36 bits per heavy atom. The average molecular weight is 190 g/mol. The van der Waals surface area contributed by atoms with E-state index in [9.17, 15) is 0 Å². The van der Waals surface area contributed by atoms with Crippen molar-refractivity contribution in [3.63, 3.8) is 0 Å². The summed E-state index contributed by atoms with van der Waals surface area (Å²) in [7, 11) is 4.10. The smallest absolute Gasteiger partial charge is 0.0437 e. The third kappa shape index (κ3) is 2.60. The molecule has 0 aliphatic carbocycles. The number of benzene rings is 1. The molecule has 2 heteroatoms. The molecule has 76 valence electrons. The van der Waals surface area contributed by atoms with E-state index >= 15 is 0 Å². The van der Waals surface area contributed by atoms with E-state index in [0.29, 0.717) is 6.54 Å². The summed E-state index contributed by atoms with van der Waals surface area (Å²) in [5.41, 5.74) is 9.15. The van der Waals surface area contributed by atoms with Crippen LogP contribution in [0.3, 0.4) is 0 Å². The Morgan fingerprint density at radius 3 is 2.64 bits per heavy atom. The minimum absolute atomic E-state index is 0.584. The molecular formula is C12H18N2. The average Bonchev–Trinajstić information content (AvgIpc) is 2.15. The second-order valence-electron chi connectivity index (χ2n) is 3.59. The lowest BCUT2D eigenvalue weighted by atomic mass is 10.1. The highest BCUT2D eigenvalue weighted by Gasteiger charge is 2.01. The first kappa shape index (κ1) is 10.8. The number of hydrogen-bond donors (Lipinski definition) is 1. The molecule has 1 rings (SSSR count). The van der Waals surface area contributed by atoms with Gasteiger partial charge in [0.05, 0.1) is 0 Å². The van der Waals surface area contributed by atoms with Crippen LogP contribution in [0.15, 0.2) is 24.3 Å². The van der Waals surface area contributed by atoms with Gasteiger partial charge in [-0.3, -0.25) is 0 Å². The van der Waals surface area contributed by atoms with Crippen LogP contribution >= 0.6 is 0 Å². The Morgan fingerprint density at radius 2 is 2.07 bits per heavy atom. The van der Waals surface area contributed by atoms with Gasteiger partial charge in [0.25, 0.3) is 0 Å². The Bertz CT molecular complexity index is 327. The summed E-state index contributed by atoms with van der Waals surface area (Å²) in [6.45, 7) is 2.68. The van der Waals surface area contributed by atoms with Crippen LogP contribution in [-0.4, -0.2) is 20.6 Å². The molecule has 0 radical (unpaired) electrons. The predicted molar refractivity (Wildman–Crippen MR) is 63.6 cm³/mol. The summed E-state index contributed by atoms with van der Waals surface area (Å²) in [6, 6.07) is 6.41. The maximum atomic E-state index is 5.43. The zero-order valence-corrected chi connectivity index (χ0v) is 9.12. The Labute approximate surface area is 86.0 Å². The number of anilines is 1. The van der Waals surface area contributed by atoms with Gasteiger partial charge in [-0.2, -0.15) is 0 Å². The molecule has 0 fully saturated rings. The highest BCUT2D eigenvalue weighted by molar-refractivity contribution is 5.68. The van der Waals surface area contributed by atoms with Crippen LogP contribution < -0.4 is 10.6 Å². The van der Waals surface area contributed by atoms with Crippen LogP contribution in [0, 0.1) is 6.92 Å². The Hall–Kier alpha value is -1.28. The lowest BCUT2D eigenvalue weighted by Crippen LogP contribution is -2.10. The molecule has 1 aromatic carbocycles. The molecule has 2 N–H and O–H groups in total. The molecule has 0 aliphatic heterocycles. The minimum atomic E-state index is 0.584. The predicted octanol–water partition coefficient (Wildman–Crippen LogP) is 2.03. The fourth-order valence-electron chi connectivity index (χ4n) is 1.38. The lowest BCUT2D eigenvalue weighted by Gasteiger charge is -2.16. The molecule has 0 aliphatic rings. The molecule has 0 unspecified atom stereocenters. The third-order valence-electron chi connectivity index (χ3n) is 2.10. The van der Waals surface area contributed by atoms with Crippen molar-refractivity contribution in [2.45, 2.75) is 6.92 Å². The largest absolute Gasteiger partial charge is 0.377 e. The number of nitrogens with two attached hydrogens (primary N) is 1. The zero-order chi connectivity index (χ0) is 10.6. The number of nitrogens with zero attached hydrogens (tertiary/aromatic N) is 1. The van der Waals surface area contributed by atoms with E-state index in [4.69, 9.17) is 5.73 Å². The van der Waals surface area contributed by atoms with Gasteiger partial charge in [0.15, 0.2) is 0 Å². The van der Waals surface area contributed by atoms with E-state index < -0.39 is 0 Å². The monoisotopic (exact) mass is 190 g/mol. The van der Waals surface area contributed by atoms with Gasteiger partial charge in [0.2, 0.25) is 0 Å². The van der Waals surface area contributed by atoms with Gasteiger partial charge < -0.3 is 10.6 Å². The summed E-state index contributed by atoms with van der Waals surface area (Å²) in [5.74, 6) is 0. The van der Waals surface area contributed by atoms with E-state index in [1.54, 1.807) is 0 Å². The zero-order valence-electron chi connectivity index (χ0n) is 9.12. The molecule has 0 spiro atoms. The highest BCUT2D eigenvalue weighted by atomic mass is 15.1. The van der Waals surface area contributed by atoms with Crippen molar-refractivity contribution in [2.75, 3.05) is 25.5 Å². The molecule has 14 heavy (non-hydrogen) atoms. The molecule has 1 aromatic rings. The molecule has 0 aromatic heterocycles. The minimum Gasteiger partial charge on any atom is -0.377 e. The van der Waals surface area contributed by atoms with Crippen molar-refractivity contribution >= 4 is 11.8 Å². The fourth-order valence-corrected chi connectivity index (χ4v) is 1.38. The van der Waals surface area contributed by atoms with Crippen LogP contribution in [0.1, 0.15) is 11.1 Å². The first-order valence-electron chi connectivity index (χ1n) is 4.79. The molecule has 0 atom stereocenters. The van der Waals surface area contributed by atoms with Crippen LogP contribution in [0.4, 0.5) is 5.69 Å². The quantitative estimate of drug-likeness (QED) is 0.790. The maximum absolute atomic E-state index is 5.43. The van der Waals surface area contributed by atoms with Crippen LogP contribution in [0.2, 0.25) is 0 Å². The lowest BCUT2D eigenvalue weighted by molar-refractivity contribution is 1.12. The number of aryl methyl sites for hydroxylation is 1. The normalized spacial score (nSPS) is 10.9. The number of hydrogen-bond acceptors (Lipinski definition) is 2. The van der Waals surface area contributed by atoms with Crippen molar-refractivity contribution in [2.24, 2.45) is 5.73 Å². The molecule has 0 heterocycles. The molecule has 0 saturated carbocycles. The maximum Gasteiger partial charge on any atom is 0.0437 e. The van der Waals surface area contributed by atoms with Gasteiger partial charge in [0.1, 0.15) is 0 Å². The Kier molecular flexibility index (Phi) is 3.72. The number of rotatable bonds is 3. The van der Waals surface area contributed by atoms with Crippen LogP contribution in [0.5, 0.6) is 0 Å². The summed E-state index contributed by atoms with van der Waals surface area (Å²) in [6.07, 6.45) is 4.03. The van der Waals surface area contributed by atoms with Crippen LogP contribution in [0.25, 0.3) is 6.08 Å². The fraction of sp³-hybridized carbons (Fsp3) is 0.333. The summed E-state index contributed by atoms with van der Waals surface area (Å²) in [5, 5.41) is 0. The standard InChI is InChI=1S/C12H18N2/c1-10-6-7-11(5-4-8-13)12(9-10)14(2)3/h4-7,9H,8,13H2,1-3H3/b5-4+. The van der Waals surface area contributed by atoms with E-state index in [2.05, 4.69) is 50.2 Å². The van der Waals surface area contributed by atoms with Crippen molar-refractivity contribution in [3.05, 3.63) is 35.4 Å². The molecular weight excluding hydrogens is 172 g/mol. The molecule has 0 saturated heterocycles. The summed E-state index contributed by atoms with van der Waals surface area (Å²) >= 11 is 0. The molecule has 0 bridgehead atoms. The van der Waals surface area contributed by atoms with E-state index in [1.165, 1.54) is 16.8 Å². The SMILES string of the molecule is Cc1ccc(/C=C/CN)c(N(C)C)c1. The summed E-state index contributed by atoms with van der Waals surface area (Å²) < 4.78 is 0.